The molecule has 0 radical (unpaired) electrons. The highest BCUT2D eigenvalue weighted by Crippen LogP contribution is 2.33. The summed E-state index contributed by atoms with van der Waals surface area (Å²) in [7, 11) is -0.250. The van der Waals surface area contributed by atoms with E-state index in [9.17, 15) is 0 Å². The summed E-state index contributed by atoms with van der Waals surface area (Å²) in [4.78, 5) is 0. The second-order valence-corrected chi connectivity index (χ2v) is 3.81. The van der Waals surface area contributed by atoms with Crippen LogP contribution in [-0.2, 0) is 14.0 Å². The molecule has 0 aliphatic carbocycles. The number of hydrogen-bond acceptors (Lipinski definition) is 4. The first kappa shape index (κ1) is 11.7. The van der Waals surface area contributed by atoms with Gasteiger partial charge in [-0.15, -0.1) is 12.4 Å². The first-order chi connectivity index (χ1) is 7.38. The van der Waals surface area contributed by atoms with E-state index in [2.05, 4.69) is 0 Å². The van der Waals surface area contributed by atoms with Crippen molar-refractivity contribution in [2.75, 3.05) is 19.8 Å². The summed E-state index contributed by atoms with van der Waals surface area (Å²) in [5.74, 6) is 0. The standard InChI is InChI=1S/C10H12BNO3.ClH/c12-4-9-3-7-1-2-13-5-8-6-14-11(15-9)10(7)8;/h1-3,9H,4-6,12H2;1H. The molecule has 0 fully saturated rings. The SMILES string of the molecule is Cl.NCC1C=C2C=COCC3=C2B(OC3)O1. The minimum atomic E-state index is -0.250. The average molecular weight is 241 g/mol. The molecule has 0 saturated heterocycles. The zero-order chi connectivity index (χ0) is 10.3. The van der Waals surface area contributed by atoms with Crippen molar-refractivity contribution in [1.29, 1.82) is 0 Å². The predicted molar refractivity (Wildman–Crippen MR) is 63.1 cm³/mol. The van der Waals surface area contributed by atoms with Crippen LogP contribution in [0.5, 0.6) is 0 Å². The highest BCUT2D eigenvalue weighted by Gasteiger charge is 2.40. The van der Waals surface area contributed by atoms with Crippen molar-refractivity contribution in [3.8, 4) is 0 Å². The van der Waals surface area contributed by atoms with Gasteiger partial charge in [-0.1, -0.05) is 0 Å². The summed E-state index contributed by atoms with van der Waals surface area (Å²) in [6.45, 7) is 1.66. The lowest BCUT2D eigenvalue weighted by Gasteiger charge is -2.23. The fraction of sp³-hybridized carbons (Fsp3) is 0.400. The van der Waals surface area contributed by atoms with Gasteiger partial charge in [-0.05, 0) is 28.8 Å². The van der Waals surface area contributed by atoms with E-state index in [0.717, 1.165) is 11.0 Å². The minimum absolute atomic E-state index is 0. The molecule has 0 bridgehead atoms. The molecule has 0 aromatic rings. The van der Waals surface area contributed by atoms with Gasteiger partial charge in [0.05, 0.1) is 19.0 Å². The van der Waals surface area contributed by atoms with Crippen molar-refractivity contribution >= 4 is 19.5 Å². The fourth-order valence-electron chi connectivity index (χ4n) is 2.10. The quantitative estimate of drug-likeness (QED) is 0.683. The lowest BCUT2D eigenvalue weighted by atomic mass is 9.71. The van der Waals surface area contributed by atoms with E-state index in [1.165, 1.54) is 5.57 Å². The maximum absolute atomic E-state index is 5.68. The van der Waals surface area contributed by atoms with Gasteiger partial charge in [0.15, 0.2) is 0 Å². The van der Waals surface area contributed by atoms with E-state index in [4.69, 9.17) is 19.8 Å². The molecule has 4 nitrogen and oxygen atoms in total. The zero-order valence-corrected chi connectivity index (χ0v) is 9.53. The van der Waals surface area contributed by atoms with Crippen LogP contribution in [-0.4, -0.2) is 33.0 Å². The molecular formula is C10H13BClNO3. The molecule has 1 atom stereocenters. The average Bonchev–Trinajstić information content (AvgIpc) is 2.55. The Balaban J connectivity index is 0.000000963. The summed E-state index contributed by atoms with van der Waals surface area (Å²) in [5.41, 5.74) is 9.04. The lowest BCUT2D eigenvalue weighted by molar-refractivity contribution is 0.183. The molecule has 2 N–H and O–H groups in total. The van der Waals surface area contributed by atoms with Crippen LogP contribution in [0.15, 0.2) is 35.0 Å². The Hall–Kier alpha value is -0.745. The molecule has 3 rings (SSSR count). The zero-order valence-electron chi connectivity index (χ0n) is 8.72. The van der Waals surface area contributed by atoms with Crippen LogP contribution >= 0.6 is 12.4 Å². The molecule has 3 aliphatic rings. The molecule has 0 aromatic carbocycles. The van der Waals surface area contributed by atoms with Gasteiger partial charge in [0.2, 0.25) is 0 Å². The summed E-state index contributed by atoms with van der Waals surface area (Å²) >= 11 is 0. The molecule has 16 heavy (non-hydrogen) atoms. The summed E-state index contributed by atoms with van der Waals surface area (Å²) in [5, 5.41) is 0. The van der Waals surface area contributed by atoms with E-state index in [1.807, 2.05) is 12.2 Å². The van der Waals surface area contributed by atoms with E-state index >= 15 is 0 Å². The Morgan fingerprint density at radius 1 is 1.44 bits per heavy atom. The van der Waals surface area contributed by atoms with Gasteiger partial charge in [0.1, 0.15) is 6.61 Å². The van der Waals surface area contributed by atoms with Crippen molar-refractivity contribution in [3.05, 3.63) is 35.0 Å². The first-order valence-electron chi connectivity index (χ1n) is 5.08. The molecule has 0 spiro atoms. The fourth-order valence-corrected chi connectivity index (χ4v) is 2.10. The molecule has 0 saturated carbocycles. The van der Waals surface area contributed by atoms with E-state index in [1.54, 1.807) is 6.26 Å². The Labute approximate surface area is 101 Å². The van der Waals surface area contributed by atoms with Crippen LogP contribution < -0.4 is 5.73 Å². The van der Waals surface area contributed by atoms with Gasteiger partial charge in [-0.2, -0.15) is 0 Å². The lowest BCUT2D eigenvalue weighted by Crippen LogP contribution is -2.36. The third-order valence-corrected chi connectivity index (χ3v) is 2.83. The third kappa shape index (κ3) is 1.80. The predicted octanol–water partition coefficient (Wildman–Crippen LogP) is 0.590. The van der Waals surface area contributed by atoms with Crippen LogP contribution in [0.4, 0.5) is 0 Å². The van der Waals surface area contributed by atoms with Crippen LogP contribution in [0.3, 0.4) is 0 Å². The number of ether oxygens (including phenoxy) is 1. The smallest absolute Gasteiger partial charge is 0.495 e. The number of rotatable bonds is 1. The number of hydrogen-bond donors (Lipinski definition) is 1. The second kappa shape index (κ2) is 4.63. The highest BCUT2D eigenvalue weighted by atomic mass is 35.5. The largest absolute Gasteiger partial charge is 0.497 e. The van der Waals surface area contributed by atoms with E-state index in [-0.39, 0.29) is 25.6 Å². The first-order valence-corrected chi connectivity index (χ1v) is 5.08. The van der Waals surface area contributed by atoms with Crippen molar-refractivity contribution in [2.24, 2.45) is 5.73 Å². The highest BCUT2D eigenvalue weighted by molar-refractivity contribution is 6.57. The van der Waals surface area contributed by atoms with Gasteiger partial charge in [0.25, 0.3) is 0 Å². The number of halogens is 1. The van der Waals surface area contributed by atoms with Gasteiger partial charge in [-0.3, -0.25) is 0 Å². The summed E-state index contributed by atoms with van der Waals surface area (Å²) in [6.07, 6.45) is 5.65. The Morgan fingerprint density at radius 3 is 3.12 bits per heavy atom. The van der Waals surface area contributed by atoms with Crippen molar-refractivity contribution in [1.82, 2.24) is 0 Å². The van der Waals surface area contributed by atoms with Crippen LogP contribution in [0.2, 0.25) is 0 Å². The maximum atomic E-state index is 5.68. The maximum Gasteiger partial charge on any atom is 0.495 e. The van der Waals surface area contributed by atoms with Crippen molar-refractivity contribution in [2.45, 2.75) is 6.10 Å². The molecule has 6 heteroatoms. The molecule has 1 unspecified atom stereocenters. The van der Waals surface area contributed by atoms with Gasteiger partial charge in [0, 0.05) is 6.54 Å². The summed E-state index contributed by atoms with van der Waals surface area (Å²) < 4.78 is 16.6. The summed E-state index contributed by atoms with van der Waals surface area (Å²) in [6, 6.07) is 0. The normalized spacial score (nSPS) is 26.7. The van der Waals surface area contributed by atoms with Crippen molar-refractivity contribution < 1.29 is 14.0 Å². The Bertz CT molecular complexity index is 380. The second-order valence-electron chi connectivity index (χ2n) is 3.81. The van der Waals surface area contributed by atoms with Gasteiger partial charge >= 0.3 is 7.12 Å². The van der Waals surface area contributed by atoms with Gasteiger partial charge in [-0.25, -0.2) is 0 Å². The third-order valence-electron chi connectivity index (χ3n) is 2.83. The Morgan fingerprint density at radius 2 is 2.31 bits per heavy atom. The number of allylic oxidation sites excluding steroid dienone is 3. The molecule has 3 heterocycles. The molecule has 0 aromatic heterocycles. The van der Waals surface area contributed by atoms with E-state index in [0.29, 0.717) is 19.8 Å². The van der Waals surface area contributed by atoms with Crippen LogP contribution in [0.25, 0.3) is 0 Å². The monoisotopic (exact) mass is 241 g/mol. The van der Waals surface area contributed by atoms with E-state index < -0.39 is 0 Å². The molecule has 0 amide bonds. The molecule has 3 aliphatic heterocycles. The van der Waals surface area contributed by atoms with Gasteiger partial charge < -0.3 is 19.8 Å². The number of nitrogens with two attached hydrogens (primary N) is 1. The topological polar surface area (TPSA) is 53.7 Å². The minimum Gasteiger partial charge on any atom is -0.497 e. The van der Waals surface area contributed by atoms with Crippen LogP contribution in [0.1, 0.15) is 0 Å². The Kier molecular flexibility index (Phi) is 3.40. The molecular weight excluding hydrogens is 228 g/mol. The molecule has 86 valence electrons. The van der Waals surface area contributed by atoms with Crippen molar-refractivity contribution in [3.63, 3.8) is 0 Å². The van der Waals surface area contributed by atoms with Crippen LogP contribution in [0, 0.1) is 0 Å².